The number of ether oxygens (including phenoxy) is 2. The molecule has 2 aliphatic rings. The zero-order valence-electron chi connectivity index (χ0n) is 13.9. The van der Waals surface area contributed by atoms with Crippen molar-refractivity contribution in [1.82, 2.24) is 4.90 Å². The van der Waals surface area contributed by atoms with Crippen LogP contribution >= 0.6 is 23.5 Å². The van der Waals surface area contributed by atoms with E-state index in [0.29, 0.717) is 4.71 Å². The number of methoxy groups -OCH3 is 1. The first kappa shape index (κ1) is 16.5. The van der Waals surface area contributed by atoms with Crippen LogP contribution in [0.3, 0.4) is 0 Å². The molecule has 3 nitrogen and oxygen atoms in total. The van der Waals surface area contributed by atoms with Gasteiger partial charge in [0.1, 0.15) is 16.2 Å². The molecule has 2 heterocycles. The Labute approximate surface area is 156 Å². The van der Waals surface area contributed by atoms with E-state index >= 15 is 0 Å². The third-order valence-corrected chi connectivity index (χ3v) is 6.63. The minimum absolute atomic E-state index is 0.122. The van der Waals surface area contributed by atoms with Crippen molar-refractivity contribution in [3.8, 4) is 11.5 Å². The number of para-hydroxylation sites is 1. The van der Waals surface area contributed by atoms with E-state index in [1.807, 2.05) is 59.9 Å². The minimum Gasteiger partial charge on any atom is -0.496 e. The summed E-state index contributed by atoms with van der Waals surface area (Å²) in [6.07, 6.45) is 6.41. The van der Waals surface area contributed by atoms with Gasteiger partial charge < -0.3 is 14.4 Å². The van der Waals surface area contributed by atoms with E-state index in [-0.39, 0.29) is 6.23 Å². The molecule has 0 saturated carbocycles. The Hall–Kier alpha value is -1.98. The summed E-state index contributed by atoms with van der Waals surface area (Å²) >= 11 is 3.78. The first-order valence-corrected chi connectivity index (χ1v) is 10.1. The van der Waals surface area contributed by atoms with E-state index in [0.717, 1.165) is 28.4 Å². The molecule has 25 heavy (non-hydrogen) atoms. The molecule has 4 rings (SSSR count). The normalized spacial score (nSPS) is 21.7. The molecule has 1 fully saturated rings. The van der Waals surface area contributed by atoms with E-state index in [1.165, 1.54) is 0 Å². The van der Waals surface area contributed by atoms with E-state index < -0.39 is 0 Å². The van der Waals surface area contributed by atoms with Gasteiger partial charge in [0.15, 0.2) is 6.23 Å². The first-order chi connectivity index (χ1) is 12.3. The molecule has 0 aliphatic carbocycles. The molecule has 0 radical (unpaired) electrons. The van der Waals surface area contributed by atoms with Crippen LogP contribution in [0, 0.1) is 0 Å². The lowest BCUT2D eigenvalue weighted by molar-refractivity contribution is 0.103. The largest absolute Gasteiger partial charge is 0.496 e. The van der Waals surface area contributed by atoms with Gasteiger partial charge >= 0.3 is 0 Å². The molecule has 2 aliphatic heterocycles. The second kappa shape index (κ2) is 7.50. The summed E-state index contributed by atoms with van der Waals surface area (Å²) in [5.41, 5.74) is 2.20. The van der Waals surface area contributed by atoms with E-state index in [2.05, 4.69) is 40.8 Å². The fourth-order valence-electron chi connectivity index (χ4n) is 2.82. The Morgan fingerprint density at radius 3 is 2.76 bits per heavy atom. The molecule has 0 amide bonds. The second-order valence-corrected chi connectivity index (χ2v) is 8.13. The van der Waals surface area contributed by atoms with Crippen LogP contribution in [0.4, 0.5) is 0 Å². The molecule has 2 aromatic rings. The maximum Gasteiger partial charge on any atom is 0.182 e. The van der Waals surface area contributed by atoms with Crippen LogP contribution in [0.5, 0.6) is 11.5 Å². The molecule has 2 atom stereocenters. The lowest BCUT2D eigenvalue weighted by atomic mass is 10.1. The summed E-state index contributed by atoms with van der Waals surface area (Å²) in [7, 11) is 1.69. The van der Waals surface area contributed by atoms with Crippen molar-refractivity contribution in [3.63, 3.8) is 0 Å². The third-order valence-electron chi connectivity index (χ3n) is 4.13. The Bertz CT molecular complexity index is 789. The molecule has 2 unspecified atom stereocenters. The number of nitrogens with zero attached hydrogens (tertiary/aromatic N) is 1. The standard InChI is InChI=1S/C20H19NO2S2/c1-22-18-5-3-2-4-16(18)9-6-15-7-10-17(11-8-15)23-19-14-25-20-21(19)12-13-24-20/h2-13,19-20H,14H2,1H3/b9-6+. The smallest absolute Gasteiger partial charge is 0.182 e. The van der Waals surface area contributed by atoms with Gasteiger partial charge in [0.05, 0.1) is 12.9 Å². The molecule has 0 N–H and O–H groups in total. The van der Waals surface area contributed by atoms with Crippen LogP contribution in [0.15, 0.2) is 60.1 Å². The van der Waals surface area contributed by atoms with Crippen molar-refractivity contribution in [3.05, 3.63) is 71.3 Å². The predicted octanol–water partition coefficient (Wildman–Crippen LogP) is 5.12. The van der Waals surface area contributed by atoms with Gasteiger partial charge in [-0.3, -0.25) is 0 Å². The van der Waals surface area contributed by atoms with Crippen LogP contribution < -0.4 is 9.47 Å². The van der Waals surface area contributed by atoms with Crippen LogP contribution in [-0.4, -0.2) is 28.7 Å². The van der Waals surface area contributed by atoms with Crippen molar-refractivity contribution in [2.45, 2.75) is 10.9 Å². The maximum absolute atomic E-state index is 6.14. The predicted molar refractivity (Wildman–Crippen MR) is 108 cm³/mol. The van der Waals surface area contributed by atoms with Gasteiger partial charge in [-0.05, 0) is 29.2 Å². The monoisotopic (exact) mass is 369 g/mol. The molecule has 2 aromatic carbocycles. The van der Waals surface area contributed by atoms with Crippen molar-refractivity contribution in [2.24, 2.45) is 0 Å². The van der Waals surface area contributed by atoms with Crippen molar-refractivity contribution in [1.29, 1.82) is 0 Å². The molecule has 0 spiro atoms. The Morgan fingerprint density at radius 1 is 1.08 bits per heavy atom. The Balaban J connectivity index is 1.42. The van der Waals surface area contributed by atoms with E-state index in [1.54, 1.807) is 7.11 Å². The number of fused-ring (bicyclic) bond motifs is 1. The van der Waals surface area contributed by atoms with Crippen LogP contribution in [0.1, 0.15) is 11.1 Å². The lowest BCUT2D eigenvalue weighted by Gasteiger charge is -2.23. The lowest BCUT2D eigenvalue weighted by Crippen LogP contribution is -2.32. The zero-order valence-corrected chi connectivity index (χ0v) is 15.5. The average Bonchev–Trinajstić information content (AvgIpc) is 3.26. The topological polar surface area (TPSA) is 21.7 Å². The summed E-state index contributed by atoms with van der Waals surface area (Å²) in [6, 6.07) is 16.2. The quantitative estimate of drug-likeness (QED) is 0.680. The van der Waals surface area contributed by atoms with E-state index in [4.69, 9.17) is 9.47 Å². The van der Waals surface area contributed by atoms with E-state index in [9.17, 15) is 0 Å². The van der Waals surface area contributed by atoms with Crippen molar-refractivity contribution >= 4 is 35.7 Å². The van der Waals surface area contributed by atoms with Crippen molar-refractivity contribution < 1.29 is 9.47 Å². The summed E-state index contributed by atoms with van der Waals surface area (Å²) in [5.74, 6) is 2.78. The third kappa shape index (κ3) is 3.67. The summed E-state index contributed by atoms with van der Waals surface area (Å²) in [6.45, 7) is 0. The SMILES string of the molecule is COc1ccccc1/C=C/c1ccc(OC2CSC3SC=CN23)cc1. The summed E-state index contributed by atoms with van der Waals surface area (Å²) in [4.78, 5) is 2.28. The number of rotatable bonds is 5. The highest BCUT2D eigenvalue weighted by Gasteiger charge is 2.35. The Kier molecular flexibility index (Phi) is 4.95. The van der Waals surface area contributed by atoms with Crippen LogP contribution in [-0.2, 0) is 0 Å². The second-order valence-electron chi connectivity index (χ2n) is 5.73. The first-order valence-electron chi connectivity index (χ1n) is 8.12. The fraction of sp³-hybridized carbons (Fsp3) is 0.200. The average molecular weight is 370 g/mol. The number of hydrogen-bond acceptors (Lipinski definition) is 5. The molecule has 0 bridgehead atoms. The Morgan fingerprint density at radius 2 is 1.92 bits per heavy atom. The summed E-state index contributed by atoms with van der Waals surface area (Å²) < 4.78 is 12.0. The van der Waals surface area contributed by atoms with Crippen LogP contribution in [0.2, 0.25) is 0 Å². The highest BCUT2D eigenvalue weighted by Crippen LogP contribution is 2.42. The molecule has 1 saturated heterocycles. The van der Waals surface area contributed by atoms with Gasteiger partial charge in [-0.15, -0.1) is 11.8 Å². The highest BCUT2D eigenvalue weighted by atomic mass is 32.2. The molecular formula is C20H19NO2S2. The zero-order chi connectivity index (χ0) is 17.1. The highest BCUT2D eigenvalue weighted by molar-refractivity contribution is 8.18. The van der Waals surface area contributed by atoms with Gasteiger partial charge in [0.25, 0.3) is 0 Å². The van der Waals surface area contributed by atoms with Crippen molar-refractivity contribution in [2.75, 3.05) is 12.9 Å². The van der Waals surface area contributed by atoms with Gasteiger partial charge in [0.2, 0.25) is 0 Å². The number of thioether (sulfide) groups is 2. The molecule has 5 heteroatoms. The molecule has 128 valence electrons. The molecular weight excluding hydrogens is 350 g/mol. The fourth-order valence-corrected chi connectivity index (χ4v) is 5.20. The molecule has 0 aromatic heterocycles. The van der Waals surface area contributed by atoms with Gasteiger partial charge in [-0.1, -0.05) is 54.2 Å². The van der Waals surface area contributed by atoms with Gasteiger partial charge in [-0.25, -0.2) is 0 Å². The van der Waals surface area contributed by atoms with Crippen LogP contribution in [0.25, 0.3) is 12.2 Å². The maximum atomic E-state index is 6.14. The number of hydrogen-bond donors (Lipinski definition) is 0. The van der Waals surface area contributed by atoms with Gasteiger partial charge in [0, 0.05) is 11.8 Å². The summed E-state index contributed by atoms with van der Waals surface area (Å²) in [5, 5.41) is 2.14. The minimum atomic E-state index is 0.122. The van der Waals surface area contributed by atoms with Gasteiger partial charge in [-0.2, -0.15) is 0 Å². The number of benzene rings is 2.